The number of carbonyl (C=O) groups is 1. The fraction of sp³-hybridized carbons (Fsp3) is 0.188. The highest BCUT2D eigenvalue weighted by molar-refractivity contribution is 7.20. The van der Waals surface area contributed by atoms with Crippen molar-refractivity contribution in [2.24, 2.45) is 0 Å². The van der Waals surface area contributed by atoms with E-state index >= 15 is 0 Å². The maximum atomic E-state index is 12.3. The van der Waals surface area contributed by atoms with Gasteiger partial charge in [0.05, 0.1) is 5.39 Å². The van der Waals surface area contributed by atoms with E-state index in [0.717, 1.165) is 16.9 Å². The molecule has 0 amide bonds. The molecule has 3 aromatic rings. The molecule has 0 fully saturated rings. The van der Waals surface area contributed by atoms with Crippen LogP contribution >= 0.6 is 22.9 Å². The summed E-state index contributed by atoms with van der Waals surface area (Å²) in [7, 11) is 0. The zero-order chi connectivity index (χ0) is 16.6. The number of esters is 1. The van der Waals surface area contributed by atoms with E-state index in [1.807, 2.05) is 12.1 Å². The van der Waals surface area contributed by atoms with Gasteiger partial charge in [0.15, 0.2) is 0 Å². The first kappa shape index (κ1) is 15.7. The number of nitrogens with zero attached hydrogens (tertiary/aromatic N) is 1. The number of benzene rings is 1. The van der Waals surface area contributed by atoms with Gasteiger partial charge in [-0.25, -0.2) is 9.78 Å². The summed E-state index contributed by atoms with van der Waals surface area (Å²) in [4.78, 5) is 32.2. The summed E-state index contributed by atoms with van der Waals surface area (Å²) in [6.45, 7) is 3.50. The smallest absolute Gasteiger partial charge is 0.349 e. The molecule has 0 bridgehead atoms. The Labute approximate surface area is 140 Å². The van der Waals surface area contributed by atoms with Gasteiger partial charge in [0.2, 0.25) is 0 Å². The maximum absolute atomic E-state index is 12.3. The number of fused-ring (bicyclic) bond motifs is 1. The van der Waals surface area contributed by atoms with Crippen LogP contribution in [0.15, 0.2) is 29.1 Å². The second kappa shape index (κ2) is 6.14. The monoisotopic (exact) mass is 348 g/mol. The van der Waals surface area contributed by atoms with E-state index in [2.05, 4.69) is 9.97 Å². The van der Waals surface area contributed by atoms with E-state index in [0.29, 0.717) is 31.5 Å². The van der Waals surface area contributed by atoms with Crippen molar-refractivity contribution in [3.05, 3.63) is 61.5 Å². The van der Waals surface area contributed by atoms with Gasteiger partial charge in [0.25, 0.3) is 5.56 Å². The molecule has 7 heteroatoms. The summed E-state index contributed by atoms with van der Waals surface area (Å²) < 4.78 is 5.32. The average Bonchev–Trinajstić information content (AvgIpc) is 2.83. The fourth-order valence-corrected chi connectivity index (χ4v) is 3.58. The van der Waals surface area contributed by atoms with Gasteiger partial charge in [-0.1, -0.05) is 29.8 Å². The lowest BCUT2D eigenvalue weighted by molar-refractivity contribution is 0.0478. The Kier molecular flexibility index (Phi) is 4.19. The van der Waals surface area contributed by atoms with Crippen molar-refractivity contribution in [2.75, 3.05) is 0 Å². The van der Waals surface area contributed by atoms with E-state index in [4.69, 9.17) is 16.3 Å². The van der Waals surface area contributed by atoms with Gasteiger partial charge in [0, 0.05) is 10.6 Å². The molecule has 2 aromatic heterocycles. The van der Waals surface area contributed by atoms with Crippen LogP contribution in [-0.4, -0.2) is 15.9 Å². The van der Waals surface area contributed by atoms with Crippen LogP contribution in [0.3, 0.4) is 0 Å². The van der Waals surface area contributed by atoms with E-state index in [-0.39, 0.29) is 12.2 Å². The van der Waals surface area contributed by atoms with Crippen molar-refractivity contribution >= 4 is 39.1 Å². The quantitative estimate of drug-likeness (QED) is 0.734. The summed E-state index contributed by atoms with van der Waals surface area (Å²) in [5.74, 6) is 0.0298. The highest BCUT2D eigenvalue weighted by Crippen LogP contribution is 2.28. The molecule has 0 atom stereocenters. The van der Waals surface area contributed by atoms with E-state index < -0.39 is 5.97 Å². The third-order valence-electron chi connectivity index (χ3n) is 3.42. The number of halogens is 1. The Morgan fingerprint density at radius 3 is 2.83 bits per heavy atom. The Bertz CT molecular complexity index is 962. The predicted molar refractivity (Wildman–Crippen MR) is 90.3 cm³/mol. The molecule has 5 nitrogen and oxygen atoms in total. The number of aromatic amines is 1. The lowest BCUT2D eigenvalue weighted by atomic mass is 10.2. The molecule has 0 spiro atoms. The summed E-state index contributed by atoms with van der Waals surface area (Å²) in [5.41, 5.74) is 1.07. The van der Waals surface area contributed by atoms with Crippen LogP contribution < -0.4 is 5.56 Å². The first-order valence-electron chi connectivity index (χ1n) is 6.88. The Morgan fingerprint density at radius 2 is 2.09 bits per heavy atom. The van der Waals surface area contributed by atoms with Crippen molar-refractivity contribution in [3.8, 4) is 0 Å². The molecular weight excluding hydrogens is 336 g/mol. The largest absolute Gasteiger partial charge is 0.457 e. The van der Waals surface area contributed by atoms with Gasteiger partial charge in [0.1, 0.15) is 22.1 Å². The van der Waals surface area contributed by atoms with Crippen LogP contribution in [0.5, 0.6) is 0 Å². The first-order valence-corrected chi connectivity index (χ1v) is 8.07. The molecule has 0 saturated heterocycles. The molecule has 0 unspecified atom stereocenters. The molecule has 2 heterocycles. The van der Waals surface area contributed by atoms with E-state index in [9.17, 15) is 9.59 Å². The van der Waals surface area contributed by atoms with Gasteiger partial charge in [-0.2, -0.15) is 0 Å². The molecule has 23 heavy (non-hydrogen) atoms. The number of rotatable bonds is 3. The number of nitrogens with one attached hydrogen (secondary N) is 1. The lowest BCUT2D eigenvalue weighted by Gasteiger charge is -2.05. The zero-order valence-electron chi connectivity index (χ0n) is 12.5. The fourth-order valence-electron chi connectivity index (χ4n) is 2.27. The minimum Gasteiger partial charge on any atom is -0.457 e. The molecule has 0 aliphatic heterocycles. The zero-order valence-corrected chi connectivity index (χ0v) is 14.0. The molecular formula is C16H13ClN2O3S. The van der Waals surface area contributed by atoms with Crippen molar-refractivity contribution in [3.63, 3.8) is 0 Å². The number of thiophene rings is 1. The second-order valence-electron chi connectivity index (χ2n) is 5.06. The van der Waals surface area contributed by atoms with Crippen molar-refractivity contribution in [2.45, 2.75) is 20.5 Å². The average molecular weight is 349 g/mol. The Hall–Kier alpha value is -2.18. The number of hydrogen-bond acceptors (Lipinski definition) is 5. The summed E-state index contributed by atoms with van der Waals surface area (Å²) in [6, 6.07) is 7.17. The third kappa shape index (κ3) is 3.00. The van der Waals surface area contributed by atoms with E-state index in [1.165, 1.54) is 0 Å². The topological polar surface area (TPSA) is 72.0 Å². The molecule has 0 aliphatic rings. The summed E-state index contributed by atoms with van der Waals surface area (Å²) >= 11 is 7.20. The maximum Gasteiger partial charge on any atom is 0.349 e. The number of carbonyl (C=O) groups excluding carboxylic acids is 1. The molecule has 1 aromatic carbocycles. The highest BCUT2D eigenvalue weighted by atomic mass is 35.5. The standard InChI is InChI=1S/C16H13ClN2O3S/c1-8-12-14(20)18-9(2)19-15(12)23-13(8)16(21)22-7-10-5-3-4-6-11(10)17/h3-6H,7H2,1-2H3,(H,18,19,20). The Morgan fingerprint density at radius 1 is 1.35 bits per heavy atom. The van der Waals surface area contributed by atoms with Crippen LogP contribution in [0.2, 0.25) is 5.02 Å². The number of aromatic nitrogens is 2. The number of aryl methyl sites for hydroxylation is 2. The second-order valence-corrected chi connectivity index (χ2v) is 6.46. The van der Waals surface area contributed by atoms with E-state index in [1.54, 1.807) is 26.0 Å². The minimum atomic E-state index is -0.484. The highest BCUT2D eigenvalue weighted by Gasteiger charge is 2.20. The molecule has 0 saturated carbocycles. The van der Waals surface area contributed by atoms with Crippen LogP contribution in [-0.2, 0) is 11.3 Å². The van der Waals surface area contributed by atoms with Crippen molar-refractivity contribution in [1.82, 2.24) is 9.97 Å². The van der Waals surface area contributed by atoms with Crippen molar-refractivity contribution < 1.29 is 9.53 Å². The van der Waals surface area contributed by atoms with Crippen LogP contribution in [0.1, 0.15) is 26.6 Å². The van der Waals surface area contributed by atoms with Gasteiger partial charge >= 0.3 is 5.97 Å². The van der Waals surface area contributed by atoms with Crippen LogP contribution in [0, 0.1) is 13.8 Å². The summed E-state index contributed by atoms with van der Waals surface area (Å²) in [5, 5.41) is 0.979. The summed E-state index contributed by atoms with van der Waals surface area (Å²) in [6.07, 6.45) is 0. The minimum absolute atomic E-state index is 0.0784. The van der Waals surface area contributed by atoms with Crippen LogP contribution in [0.4, 0.5) is 0 Å². The Balaban J connectivity index is 1.90. The van der Waals surface area contributed by atoms with Gasteiger partial charge in [-0.15, -0.1) is 11.3 Å². The first-order chi connectivity index (χ1) is 11.0. The number of H-pyrrole nitrogens is 1. The molecule has 0 radical (unpaired) electrons. The normalized spacial score (nSPS) is 10.9. The van der Waals surface area contributed by atoms with Gasteiger partial charge < -0.3 is 9.72 Å². The molecule has 118 valence electrons. The van der Waals surface area contributed by atoms with Crippen LogP contribution in [0.25, 0.3) is 10.2 Å². The van der Waals surface area contributed by atoms with Gasteiger partial charge in [-0.3, -0.25) is 4.79 Å². The number of hydrogen-bond donors (Lipinski definition) is 1. The molecule has 1 N–H and O–H groups in total. The van der Waals surface area contributed by atoms with Gasteiger partial charge in [-0.05, 0) is 25.5 Å². The SMILES string of the molecule is Cc1nc2sc(C(=O)OCc3ccccc3Cl)c(C)c2c(=O)[nH]1. The molecule has 0 aliphatic carbocycles. The number of ether oxygens (including phenoxy) is 1. The van der Waals surface area contributed by atoms with Crippen molar-refractivity contribution in [1.29, 1.82) is 0 Å². The lowest BCUT2D eigenvalue weighted by Crippen LogP contribution is -2.10. The third-order valence-corrected chi connectivity index (χ3v) is 4.96. The predicted octanol–water partition coefficient (Wildman–Crippen LogP) is 3.61. The molecule has 3 rings (SSSR count).